The van der Waals surface area contributed by atoms with E-state index in [9.17, 15) is 14.9 Å². The van der Waals surface area contributed by atoms with E-state index in [2.05, 4.69) is 10.5 Å². The van der Waals surface area contributed by atoms with Gasteiger partial charge in [-0.05, 0) is 42.0 Å². The van der Waals surface area contributed by atoms with Crippen LogP contribution in [0.15, 0.2) is 77.9 Å². The van der Waals surface area contributed by atoms with Gasteiger partial charge in [-0.25, -0.2) is 5.43 Å². The van der Waals surface area contributed by atoms with Crippen LogP contribution < -0.4 is 14.9 Å². The molecule has 8 nitrogen and oxygen atoms in total. The topological polar surface area (TPSA) is 103 Å². The molecule has 0 bridgehead atoms. The Balaban J connectivity index is 1.46. The maximum Gasteiger partial charge on any atom is 0.310 e. The number of hydrazone groups is 1. The molecule has 0 spiro atoms. The van der Waals surface area contributed by atoms with Gasteiger partial charge in [0.2, 0.25) is 0 Å². The number of rotatable bonds is 9. The third kappa shape index (κ3) is 6.55. The molecule has 0 saturated carbocycles. The number of nitro benzene ring substituents is 1. The van der Waals surface area contributed by atoms with Crippen LogP contribution >= 0.6 is 11.6 Å². The summed E-state index contributed by atoms with van der Waals surface area (Å²) in [5.74, 6) is 0.132. The Bertz CT molecular complexity index is 1090. The lowest BCUT2D eigenvalue weighted by Crippen LogP contribution is -2.24. The predicted molar refractivity (Wildman–Crippen MR) is 117 cm³/mol. The molecule has 0 heterocycles. The van der Waals surface area contributed by atoms with E-state index >= 15 is 0 Å². The highest BCUT2D eigenvalue weighted by atomic mass is 35.5. The van der Waals surface area contributed by atoms with Crippen molar-refractivity contribution in [3.8, 4) is 11.5 Å². The Morgan fingerprint density at radius 3 is 2.48 bits per heavy atom. The Morgan fingerprint density at radius 1 is 1.03 bits per heavy atom. The molecule has 0 aliphatic rings. The third-order valence-electron chi connectivity index (χ3n) is 4.06. The molecule has 0 fully saturated rings. The molecule has 0 aromatic heterocycles. The van der Waals surface area contributed by atoms with Crippen molar-refractivity contribution in [3.63, 3.8) is 0 Å². The van der Waals surface area contributed by atoms with Crippen molar-refractivity contribution in [1.82, 2.24) is 5.43 Å². The van der Waals surface area contributed by atoms with Crippen molar-refractivity contribution in [2.24, 2.45) is 5.10 Å². The first-order valence-corrected chi connectivity index (χ1v) is 9.55. The summed E-state index contributed by atoms with van der Waals surface area (Å²) in [6.45, 7) is -0.0558. The van der Waals surface area contributed by atoms with Crippen molar-refractivity contribution in [2.45, 2.75) is 6.61 Å². The fourth-order valence-electron chi connectivity index (χ4n) is 2.51. The van der Waals surface area contributed by atoms with Gasteiger partial charge in [0, 0.05) is 16.7 Å². The number of nitro groups is 1. The van der Waals surface area contributed by atoms with Gasteiger partial charge in [0.1, 0.15) is 12.4 Å². The molecule has 0 aliphatic heterocycles. The van der Waals surface area contributed by atoms with Crippen LogP contribution in [0.5, 0.6) is 11.5 Å². The Morgan fingerprint density at radius 2 is 1.74 bits per heavy atom. The standard InChI is InChI=1S/C22H18ClN3O5/c23-19-6-2-1-5-17(19)14-30-18-11-9-16(10-12-18)13-24-25-22(27)15-31-21-8-4-3-7-20(21)26(28)29/h1-13H,14-15H2,(H,25,27). The fraction of sp³-hybridized carbons (Fsp3) is 0.0909. The molecule has 3 rings (SSSR count). The number of nitrogens with zero attached hydrogens (tertiary/aromatic N) is 2. The van der Waals surface area contributed by atoms with E-state index in [1.165, 1.54) is 24.4 Å². The summed E-state index contributed by atoms with van der Waals surface area (Å²) in [7, 11) is 0. The summed E-state index contributed by atoms with van der Waals surface area (Å²) in [6.07, 6.45) is 1.46. The molecule has 3 aromatic rings. The zero-order valence-corrected chi connectivity index (χ0v) is 17.0. The summed E-state index contributed by atoms with van der Waals surface area (Å²) in [5.41, 5.74) is 3.73. The van der Waals surface area contributed by atoms with Crippen LogP contribution in [0.3, 0.4) is 0 Å². The second-order valence-corrected chi connectivity index (χ2v) is 6.66. The van der Waals surface area contributed by atoms with Crippen molar-refractivity contribution in [3.05, 3.63) is 99.1 Å². The van der Waals surface area contributed by atoms with Gasteiger partial charge in [-0.2, -0.15) is 5.10 Å². The maximum atomic E-state index is 11.8. The molecule has 9 heteroatoms. The SMILES string of the molecule is O=C(COc1ccccc1[N+](=O)[O-])NN=Cc1ccc(OCc2ccccc2Cl)cc1. The number of carbonyl (C=O) groups excluding carboxylic acids is 1. The van der Waals surface area contributed by atoms with Crippen molar-refractivity contribution in [2.75, 3.05) is 6.61 Å². The average Bonchev–Trinajstić information content (AvgIpc) is 2.78. The monoisotopic (exact) mass is 439 g/mol. The molecule has 3 aromatic carbocycles. The molecule has 0 unspecified atom stereocenters. The quantitative estimate of drug-likeness (QED) is 0.303. The number of benzene rings is 3. The lowest BCUT2D eigenvalue weighted by atomic mass is 10.2. The Hall–Kier alpha value is -3.91. The molecule has 158 valence electrons. The third-order valence-corrected chi connectivity index (χ3v) is 4.42. The first-order chi connectivity index (χ1) is 15.0. The molecule has 0 saturated heterocycles. The lowest BCUT2D eigenvalue weighted by Gasteiger charge is -2.07. The van der Waals surface area contributed by atoms with Gasteiger partial charge in [0.25, 0.3) is 5.91 Å². The van der Waals surface area contributed by atoms with Crippen LogP contribution in [0.1, 0.15) is 11.1 Å². The van der Waals surface area contributed by atoms with Gasteiger partial charge < -0.3 is 9.47 Å². The van der Waals surface area contributed by atoms with Gasteiger partial charge in [-0.3, -0.25) is 14.9 Å². The van der Waals surface area contributed by atoms with E-state index in [1.54, 1.807) is 36.4 Å². The summed E-state index contributed by atoms with van der Waals surface area (Å²) < 4.78 is 10.9. The Labute approximate surface area is 183 Å². The van der Waals surface area contributed by atoms with E-state index in [0.717, 1.165) is 11.1 Å². The highest BCUT2D eigenvalue weighted by Crippen LogP contribution is 2.25. The van der Waals surface area contributed by atoms with E-state index in [1.807, 2.05) is 18.2 Å². The number of nitrogens with one attached hydrogen (secondary N) is 1. The van der Waals surface area contributed by atoms with Crippen molar-refractivity contribution in [1.29, 1.82) is 0 Å². The smallest absolute Gasteiger partial charge is 0.310 e. The molecule has 31 heavy (non-hydrogen) atoms. The first kappa shape index (κ1) is 21.8. The minimum atomic E-state index is -0.576. The van der Waals surface area contributed by atoms with Crippen LogP contribution in [0.4, 0.5) is 5.69 Å². The van der Waals surface area contributed by atoms with E-state index in [0.29, 0.717) is 17.4 Å². The van der Waals surface area contributed by atoms with Gasteiger partial charge in [-0.15, -0.1) is 0 Å². The second kappa shape index (κ2) is 10.7. The predicted octanol–water partition coefficient (Wildman–Crippen LogP) is 4.36. The highest BCUT2D eigenvalue weighted by Gasteiger charge is 2.14. The van der Waals surface area contributed by atoms with E-state index in [4.69, 9.17) is 21.1 Å². The lowest BCUT2D eigenvalue weighted by molar-refractivity contribution is -0.385. The van der Waals surface area contributed by atoms with Gasteiger partial charge in [-0.1, -0.05) is 41.9 Å². The van der Waals surface area contributed by atoms with Gasteiger partial charge >= 0.3 is 5.69 Å². The van der Waals surface area contributed by atoms with Crippen LogP contribution in [-0.2, 0) is 11.4 Å². The van der Waals surface area contributed by atoms with Crippen LogP contribution in [0.2, 0.25) is 5.02 Å². The van der Waals surface area contributed by atoms with Gasteiger partial charge in [0.05, 0.1) is 11.1 Å². The summed E-state index contributed by atoms with van der Waals surface area (Å²) >= 11 is 6.11. The van der Waals surface area contributed by atoms with E-state index in [-0.39, 0.29) is 11.4 Å². The Kier molecular flexibility index (Phi) is 7.56. The zero-order chi connectivity index (χ0) is 22.1. The van der Waals surface area contributed by atoms with Crippen molar-refractivity contribution >= 4 is 29.4 Å². The van der Waals surface area contributed by atoms with Gasteiger partial charge in [0.15, 0.2) is 12.4 Å². The van der Waals surface area contributed by atoms with Crippen LogP contribution in [0, 0.1) is 10.1 Å². The van der Waals surface area contributed by atoms with Crippen LogP contribution in [0.25, 0.3) is 0 Å². The molecule has 0 atom stereocenters. The number of hydrogen-bond donors (Lipinski definition) is 1. The highest BCUT2D eigenvalue weighted by molar-refractivity contribution is 6.31. The van der Waals surface area contributed by atoms with E-state index < -0.39 is 17.4 Å². The molecular weight excluding hydrogens is 422 g/mol. The molecule has 1 amide bonds. The minimum Gasteiger partial charge on any atom is -0.489 e. The number of carbonyl (C=O) groups is 1. The normalized spacial score (nSPS) is 10.6. The zero-order valence-electron chi connectivity index (χ0n) is 16.2. The molecule has 0 radical (unpaired) electrons. The summed E-state index contributed by atoms with van der Waals surface area (Å²) in [5, 5.41) is 15.4. The number of amides is 1. The second-order valence-electron chi connectivity index (χ2n) is 6.26. The first-order valence-electron chi connectivity index (χ1n) is 9.17. The van der Waals surface area contributed by atoms with Crippen LogP contribution in [-0.4, -0.2) is 23.7 Å². The summed E-state index contributed by atoms with van der Waals surface area (Å²) in [4.78, 5) is 22.2. The molecular formula is C22H18ClN3O5. The molecule has 1 N–H and O–H groups in total. The number of hydrogen-bond acceptors (Lipinski definition) is 6. The summed E-state index contributed by atoms with van der Waals surface area (Å²) in [6, 6.07) is 20.4. The average molecular weight is 440 g/mol. The molecule has 0 aliphatic carbocycles. The fourth-order valence-corrected chi connectivity index (χ4v) is 2.70. The minimum absolute atomic E-state index is 0.0130. The largest absolute Gasteiger partial charge is 0.489 e. The maximum absolute atomic E-state index is 11.8. The van der Waals surface area contributed by atoms with Crippen molar-refractivity contribution < 1.29 is 19.2 Å². The number of para-hydroxylation sites is 2. The number of halogens is 1. The number of ether oxygens (including phenoxy) is 2.